The quantitative estimate of drug-likeness (QED) is 0.791. The van der Waals surface area contributed by atoms with Gasteiger partial charge in [0.15, 0.2) is 10.2 Å². The van der Waals surface area contributed by atoms with Gasteiger partial charge in [0.25, 0.3) is 0 Å². The highest BCUT2D eigenvalue weighted by atomic mass is 79.9. The number of anilines is 1. The van der Waals surface area contributed by atoms with Gasteiger partial charge < -0.3 is 10.1 Å². The van der Waals surface area contributed by atoms with Gasteiger partial charge in [-0.05, 0) is 22.0 Å². The first-order valence-corrected chi connectivity index (χ1v) is 7.22. The summed E-state index contributed by atoms with van der Waals surface area (Å²) in [6, 6.07) is 2.12. The second kappa shape index (κ2) is 6.64. The second-order valence-corrected chi connectivity index (χ2v) is 6.13. The van der Waals surface area contributed by atoms with Gasteiger partial charge in [0, 0.05) is 17.1 Å². The number of halogens is 5. The fourth-order valence-electron chi connectivity index (χ4n) is 1.45. The Hall–Kier alpha value is -0.990. The summed E-state index contributed by atoms with van der Waals surface area (Å²) in [5.41, 5.74) is 0.113. The third-order valence-corrected chi connectivity index (χ3v) is 3.90. The number of alkyl halides is 2. The molecule has 0 aliphatic rings. The van der Waals surface area contributed by atoms with E-state index in [1.54, 1.807) is 6.20 Å². The second-order valence-electron chi connectivity index (χ2n) is 3.58. The first-order chi connectivity index (χ1) is 9.45. The van der Waals surface area contributed by atoms with Crippen LogP contribution in [-0.2, 0) is 6.54 Å². The van der Waals surface area contributed by atoms with Crippen LogP contribution >= 0.6 is 38.9 Å². The lowest BCUT2D eigenvalue weighted by Crippen LogP contribution is -2.07. The lowest BCUT2D eigenvalue weighted by atomic mass is 10.2. The summed E-state index contributed by atoms with van der Waals surface area (Å²) in [4.78, 5) is 4.62. The first-order valence-electron chi connectivity index (χ1n) is 5.23. The number of nitrogens with one attached hydrogen (secondary N) is 1. The van der Waals surface area contributed by atoms with Gasteiger partial charge in [0.2, 0.25) is 0 Å². The molecule has 0 spiro atoms. The molecule has 0 unspecified atom stereocenters. The average Bonchev–Trinajstić information content (AvgIpc) is 2.76. The summed E-state index contributed by atoms with van der Waals surface area (Å²) < 4.78 is 42.9. The highest BCUT2D eigenvalue weighted by Gasteiger charge is 2.15. The standard InChI is InChI=1S/C11H7BrClF3N2OS/c12-7-1-5(14)2-8(9(7)19-11(15)16)17-3-6-4-18-10(13)20-6/h1-2,4,11,17H,3H2. The maximum Gasteiger partial charge on any atom is 0.387 e. The number of aromatic nitrogens is 1. The van der Waals surface area contributed by atoms with Crippen molar-refractivity contribution in [1.82, 2.24) is 4.98 Å². The van der Waals surface area contributed by atoms with Crippen LogP contribution in [0.1, 0.15) is 4.88 Å². The van der Waals surface area contributed by atoms with E-state index < -0.39 is 12.4 Å². The van der Waals surface area contributed by atoms with Crippen LogP contribution in [0.25, 0.3) is 0 Å². The van der Waals surface area contributed by atoms with E-state index in [9.17, 15) is 13.2 Å². The molecule has 108 valence electrons. The van der Waals surface area contributed by atoms with E-state index in [2.05, 4.69) is 31.0 Å². The highest BCUT2D eigenvalue weighted by molar-refractivity contribution is 9.10. The molecule has 0 radical (unpaired) electrons. The van der Waals surface area contributed by atoms with Crippen molar-refractivity contribution >= 4 is 44.6 Å². The zero-order chi connectivity index (χ0) is 14.7. The molecule has 20 heavy (non-hydrogen) atoms. The normalized spacial score (nSPS) is 10.9. The zero-order valence-corrected chi connectivity index (χ0v) is 12.8. The Kier molecular flexibility index (Phi) is 5.11. The highest BCUT2D eigenvalue weighted by Crippen LogP contribution is 2.36. The van der Waals surface area contributed by atoms with Crippen LogP contribution in [0.15, 0.2) is 22.8 Å². The van der Waals surface area contributed by atoms with Crippen LogP contribution in [0, 0.1) is 5.82 Å². The zero-order valence-electron chi connectivity index (χ0n) is 9.67. The number of thiazole rings is 1. The van der Waals surface area contributed by atoms with Gasteiger partial charge in [0.1, 0.15) is 5.82 Å². The van der Waals surface area contributed by atoms with Gasteiger partial charge in [-0.2, -0.15) is 8.78 Å². The molecule has 3 nitrogen and oxygen atoms in total. The lowest BCUT2D eigenvalue weighted by Gasteiger charge is -2.14. The number of ether oxygens (including phenoxy) is 1. The maximum atomic E-state index is 13.3. The minimum atomic E-state index is -3.00. The van der Waals surface area contributed by atoms with Gasteiger partial charge >= 0.3 is 6.61 Å². The van der Waals surface area contributed by atoms with E-state index in [1.807, 2.05) is 0 Å². The van der Waals surface area contributed by atoms with Crippen molar-refractivity contribution in [3.8, 4) is 5.75 Å². The summed E-state index contributed by atoms with van der Waals surface area (Å²) in [5.74, 6) is -0.736. The van der Waals surface area contributed by atoms with Gasteiger partial charge in [-0.15, -0.1) is 11.3 Å². The third kappa shape index (κ3) is 4.00. The molecule has 0 saturated heterocycles. The maximum absolute atomic E-state index is 13.3. The molecule has 2 aromatic rings. The fraction of sp³-hybridized carbons (Fsp3) is 0.182. The largest absolute Gasteiger partial charge is 0.431 e. The molecule has 2 rings (SSSR count). The number of benzene rings is 1. The Morgan fingerprint density at radius 2 is 2.20 bits per heavy atom. The molecule has 1 aromatic carbocycles. The average molecular weight is 388 g/mol. The minimum absolute atomic E-state index is 0.0997. The van der Waals surface area contributed by atoms with Crippen LogP contribution in [0.3, 0.4) is 0 Å². The minimum Gasteiger partial charge on any atom is -0.431 e. The Labute approximate surface area is 129 Å². The molecule has 0 fully saturated rings. The van der Waals surface area contributed by atoms with E-state index in [4.69, 9.17) is 11.6 Å². The van der Waals surface area contributed by atoms with Gasteiger partial charge in [-0.25, -0.2) is 9.37 Å². The van der Waals surface area contributed by atoms with Crippen LogP contribution < -0.4 is 10.1 Å². The molecule has 9 heteroatoms. The number of rotatable bonds is 5. The van der Waals surface area contributed by atoms with Crippen molar-refractivity contribution in [3.05, 3.63) is 38.0 Å². The van der Waals surface area contributed by atoms with Crippen LogP contribution in [0.2, 0.25) is 4.47 Å². The topological polar surface area (TPSA) is 34.1 Å². The van der Waals surface area contributed by atoms with E-state index in [1.165, 1.54) is 11.3 Å². The molecule has 1 aromatic heterocycles. The molecule has 0 aliphatic carbocycles. The van der Waals surface area contributed by atoms with E-state index in [0.717, 1.165) is 17.0 Å². The Morgan fingerprint density at radius 3 is 2.80 bits per heavy atom. The van der Waals surface area contributed by atoms with E-state index in [-0.39, 0.29) is 22.5 Å². The number of hydrogen-bond donors (Lipinski definition) is 1. The smallest absolute Gasteiger partial charge is 0.387 e. The Morgan fingerprint density at radius 1 is 1.45 bits per heavy atom. The molecular weight excluding hydrogens is 381 g/mol. The number of nitrogens with zero attached hydrogens (tertiary/aromatic N) is 1. The SMILES string of the molecule is Fc1cc(Br)c(OC(F)F)c(NCc2cnc(Cl)s2)c1. The van der Waals surface area contributed by atoms with Crippen molar-refractivity contribution < 1.29 is 17.9 Å². The summed E-state index contributed by atoms with van der Waals surface area (Å²) >= 11 is 9.90. The van der Waals surface area contributed by atoms with Gasteiger partial charge in [-0.3, -0.25) is 0 Å². The predicted octanol–water partition coefficient (Wildman–Crippen LogP) is 4.91. The van der Waals surface area contributed by atoms with Crippen molar-refractivity contribution in [2.75, 3.05) is 5.32 Å². The van der Waals surface area contributed by atoms with Crippen LogP contribution in [0.4, 0.5) is 18.9 Å². The van der Waals surface area contributed by atoms with Crippen molar-refractivity contribution in [2.24, 2.45) is 0 Å². The molecule has 0 amide bonds. The summed E-state index contributed by atoms with van der Waals surface area (Å²) in [5, 5.41) is 2.81. The number of hydrogen-bond acceptors (Lipinski definition) is 4. The molecular formula is C11H7BrClF3N2OS. The fourth-order valence-corrected chi connectivity index (χ4v) is 2.89. The Bertz CT molecular complexity index is 611. The van der Waals surface area contributed by atoms with Crippen LogP contribution in [0.5, 0.6) is 5.75 Å². The molecule has 1 heterocycles. The molecule has 0 aliphatic heterocycles. The molecule has 0 atom stereocenters. The van der Waals surface area contributed by atoms with Crippen molar-refractivity contribution in [2.45, 2.75) is 13.2 Å². The van der Waals surface area contributed by atoms with Crippen molar-refractivity contribution in [1.29, 1.82) is 0 Å². The predicted molar refractivity (Wildman–Crippen MR) is 75.2 cm³/mol. The van der Waals surface area contributed by atoms with Gasteiger partial charge in [0.05, 0.1) is 16.7 Å². The third-order valence-electron chi connectivity index (χ3n) is 2.19. The molecule has 0 bridgehead atoms. The monoisotopic (exact) mass is 386 g/mol. The van der Waals surface area contributed by atoms with E-state index >= 15 is 0 Å². The van der Waals surface area contributed by atoms with Crippen LogP contribution in [-0.4, -0.2) is 11.6 Å². The van der Waals surface area contributed by atoms with Gasteiger partial charge in [-0.1, -0.05) is 11.6 Å². The summed E-state index contributed by atoms with van der Waals surface area (Å²) in [6.07, 6.45) is 1.54. The lowest BCUT2D eigenvalue weighted by molar-refractivity contribution is -0.0499. The van der Waals surface area contributed by atoms with E-state index in [0.29, 0.717) is 4.47 Å². The summed E-state index contributed by atoms with van der Waals surface area (Å²) in [7, 11) is 0. The molecule has 1 N–H and O–H groups in total. The summed E-state index contributed by atoms with van der Waals surface area (Å²) in [6.45, 7) is -2.74. The first kappa shape index (κ1) is 15.4. The van der Waals surface area contributed by atoms with Crippen molar-refractivity contribution in [3.63, 3.8) is 0 Å². The molecule has 0 saturated carbocycles. The Balaban J connectivity index is 2.20.